The van der Waals surface area contributed by atoms with E-state index in [0.29, 0.717) is 24.4 Å². The van der Waals surface area contributed by atoms with E-state index in [1.807, 2.05) is 60.7 Å². The zero-order valence-electron chi connectivity index (χ0n) is 16.4. The third-order valence-corrected chi connectivity index (χ3v) is 4.41. The number of carbonyl (C=O) groups is 2. The predicted molar refractivity (Wildman–Crippen MR) is 114 cm³/mol. The predicted octanol–water partition coefficient (Wildman–Crippen LogP) is 4.51. The Hall–Kier alpha value is -3.60. The highest BCUT2D eigenvalue weighted by Crippen LogP contribution is 2.22. The van der Waals surface area contributed by atoms with Gasteiger partial charge in [0.25, 0.3) is 0 Å². The minimum Gasteiger partial charge on any atom is -0.457 e. The lowest BCUT2D eigenvalue weighted by atomic mass is 10.1. The molecular formula is C24H24N2O3. The van der Waals surface area contributed by atoms with Crippen LogP contribution in [0.1, 0.15) is 12.5 Å². The lowest BCUT2D eigenvalue weighted by Gasteiger charge is -2.20. The molecule has 0 heterocycles. The van der Waals surface area contributed by atoms with E-state index in [1.165, 1.54) is 6.92 Å². The second-order valence-corrected chi connectivity index (χ2v) is 6.66. The Balaban J connectivity index is 1.52. The molecule has 0 radical (unpaired) electrons. The van der Waals surface area contributed by atoms with Gasteiger partial charge < -0.3 is 15.0 Å². The van der Waals surface area contributed by atoms with Crippen LogP contribution in [0.3, 0.4) is 0 Å². The normalized spacial score (nSPS) is 10.2. The summed E-state index contributed by atoms with van der Waals surface area (Å²) in [7, 11) is 0. The molecule has 29 heavy (non-hydrogen) atoms. The van der Waals surface area contributed by atoms with Crippen LogP contribution >= 0.6 is 0 Å². The van der Waals surface area contributed by atoms with Crippen molar-refractivity contribution in [1.29, 1.82) is 0 Å². The fourth-order valence-electron chi connectivity index (χ4n) is 2.86. The van der Waals surface area contributed by atoms with Crippen molar-refractivity contribution >= 4 is 17.5 Å². The summed E-state index contributed by atoms with van der Waals surface area (Å²) < 4.78 is 5.74. The van der Waals surface area contributed by atoms with Crippen LogP contribution in [0.4, 0.5) is 5.69 Å². The van der Waals surface area contributed by atoms with Crippen LogP contribution in [0, 0.1) is 0 Å². The van der Waals surface area contributed by atoms with Crippen molar-refractivity contribution in [2.24, 2.45) is 0 Å². The second-order valence-electron chi connectivity index (χ2n) is 6.66. The van der Waals surface area contributed by atoms with Crippen LogP contribution in [0.15, 0.2) is 84.9 Å². The van der Waals surface area contributed by atoms with Gasteiger partial charge >= 0.3 is 0 Å². The number of anilines is 1. The second kappa shape index (κ2) is 10.1. The van der Waals surface area contributed by atoms with Crippen LogP contribution in [-0.4, -0.2) is 29.8 Å². The van der Waals surface area contributed by atoms with Crippen LogP contribution in [0.5, 0.6) is 11.5 Å². The van der Waals surface area contributed by atoms with E-state index >= 15 is 0 Å². The first-order valence-corrected chi connectivity index (χ1v) is 9.52. The van der Waals surface area contributed by atoms with E-state index in [1.54, 1.807) is 29.2 Å². The lowest BCUT2D eigenvalue weighted by molar-refractivity contribution is -0.132. The Morgan fingerprint density at radius 2 is 1.41 bits per heavy atom. The standard InChI is InChI=1S/C24H24N2O3/c1-19(27)26(17-16-20-8-4-2-5-9-20)18-24(28)25-21-12-14-23(15-13-21)29-22-10-6-3-7-11-22/h2-15H,16-18H2,1H3,(H,25,28). The molecule has 0 bridgehead atoms. The Kier molecular flexibility index (Phi) is 7.00. The molecule has 5 heteroatoms. The zero-order chi connectivity index (χ0) is 20.5. The van der Waals surface area contributed by atoms with Crippen LogP contribution in [0.2, 0.25) is 0 Å². The van der Waals surface area contributed by atoms with Crippen molar-refractivity contribution in [3.8, 4) is 11.5 Å². The molecule has 5 nitrogen and oxygen atoms in total. The van der Waals surface area contributed by atoms with Crippen LogP contribution in [-0.2, 0) is 16.0 Å². The summed E-state index contributed by atoms with van der Waals surface area (Å²) in [5.41, 5.74) is 1.79. The molecule has 0 aliphatic rings. The van der Waals surface area contributed by atoms with E-state index in [0.717, 1.165) is 11.3 Å². The Morgan fingerprint density at radius 3 is 2.03 bits per heavy atom. The van der Waals surface area contributed by atoms with E-state index < -0.39 is 0 Å². The highest BCUT2D eigenvalue weighted by atomic mass is 16.5. The van der Waals surface area contributed by atoms with E-state index in [2.05, 4.69) is 5.32 Å². The van der Waals surface area contributed by atoms with Gasteiger partial charge in [0, 0.05) is 19.2 Å². The molecule has 0 aliphatic heterocycles. The molecule has 3 rings (SSSR count). The number of hydrogen-bond donors (Lipinski definition) is 1. The average molecular weight is 388 g/mol. The first-order valence-electron chi connectivity index (χ1n) is 9.52. The summed E-state index contributed by atoms with van der Waals surface area (Å²) >= 11 is 0. The van der Waals surface area contributed by atoms with E-state index in [9.17, 15) is 9.59 Å². The maximum absolute atomic E-state index is 12.4. The molecule has 148 valence electrons. The Bertz CT molecular complexity index is 925. The van der Waals surface area contributed by atoms with Gasteiger partial charge in [-0.3, -0.25) is 9.59 Å². The summed E-state index contributed by atoms with van der Waals surface area (Å²) in [6.07, 6.45) is 0.708. The number of para-hydroxylation sites is 1. The van der Waals surface area contributed by atoms with Gasteiger partial charge in [-0.1, -0.05) is 48.5 Å². The molecule has 0 unspecified atom stereocenters. The molecule has 0 fully saturated rings. The monoisotopic (exact) mass is 388 g/mol. The average Bonchev–Trinajstić information content (AvgIpc) is 2.74. The number of amides is 2. The number of rotatable bonds is 8. The minimum absolute atomic E-state index is 0.0183. The first kappa shape index (κ1) is 20.1. The first-order chi connectivity index (χ1) is 14.1. The summed E-state index contributed by atoms with van der Waals surface area (Å²) in [6.45, 7) is 2.00. The number of nitrogens with zero attached hydrogens (tertiary/aromatic N) is 1. The van der Waals surface area contributed by atoms with Crippen molar-refractivity contribution in [2.45, 2.75) is 13.3 Å². The van der Waals surface area contributed by atoms with Gasteiger partial charge in [-0.05, 0) is 48.4 Å². The van der Waals surface area contributed by atoms with Crippen molar-refractivity contribution < 1.29 is 14.3 Å². The van der Waals surface area contributed by atoms with Gasteiger partial charge in [0.15, 0.2) is 0 Å². The molecule has 0 aromatic heterocycles. The van der Waals surface area contributed by atoms with Gasteiger partial charge in [0.05, 0.1) is 6.54 Å². The molecule has 0 saturated carbocycles. The minimum atomic E-state index is -0.231. The van der Waals surface area contributed by atoms with E-state index in [4.69, 9.17) is 4.74 Å². The van der Waals surface area contributed by atoms with Crippen molar-refractivity contribution in [2.75, 3.05) is 18.4 Å². The molecular weight excluding hydrogens is 364 g/mol. The quantitative estimate of drug-likeness (QED) is 0.618. The summed E-state index contributed by atoms with van der Waals surface area (Å²) in [4.78, 5) is 25.8. The van der Waals surface area contributed by atoms with Gasteiger partial charge in [-0.15, -0.1) is 0 Å². The highest BCUT2D eigenvalue weighted by molar-refractivity contribution is 5.94. The van der Waals surface area contributed by atoms with Gasteiger partial charge in [-0.25, -0.2) is 0 Å². The molecule has 0 atom stereocenters. The fraction of sp³-hybridized carbons (Fsp3) is 0.167. The number of hydrogen-bond acceptors (Lipinski definition) is 3. The van der Waals surface area contributed by atoms with Crippen molar-refractivity contribution in [3.05, 3.63) is 90.5 Å². The number of nitrogens with one attached hydrogen (secondary N) is 1. The summed E-state index contributed by atoms with van der Waals surface area (Å²) in [5, 5.41) is 2.83. The Morgan fingerprint density at radius 1 is 0.828 bits per heavy atom. The molecule has 0 saturated heterocycles. The third-order valence-electron chi connectivity index (χ3n) is 4.41. The maximum Gasteiger partial charge on any atom is 0.243 e. The topological polar surface area (TPSA) is 58.6 Å². The molecule has 0 spiro atoms. The SMILES string of the molecule is CC(=O)N(CCc1ccccc1)CC(=O)Nc1ccc(Oc2ccccc2)cc1. The lowest BCUT2D eigenvalue weighted by Crippen LogP contribution is -2.37. The molecule has 3 aromatic carbocycles. The molecule has 1 N–H and O–H groups in total. The number of ether oxygens (including phenoxy) is 1. The van der Waals surface area contributed by atoms with Gasteiger partial charge in [0.1, 0.15) is 11.5 Å². The van der Waals surface area contributed by atoms with E-state index in [-0.39, 0.29) is 18.4 Å². The Labute approximate surface area is 170 Å². The molecule has 0 aliphatic carbocycles. The smallest absolute Gasteiger partial charge is 0.243 e. The van der Waals surface area contributed by atoms with Crippen LogP contribution in [0.25, 0.3) is 0 Å². The largest absolute Gasteiger partial charge is 0.457 e. The number of benzene rings is 3. The van der Waals surface area contributed by atoms with Gasteiger partial charge in [0.2, 0.25) is 11.8 Å². The third kappa shape index (κ3) is 6.50. The van der Waals surface area contributed by atoms with Crippen LogP contribution < -0.4 is 10.1 Å². The van der Waals surface area contributed by atoms with Crippen molar-refractivity contribution in [3.63, 3.8) is 0 Å². The van der Waals surface area contributed by atoms with Crippen molar-refractivity contribution in [1.82, 2.24) is 4.90 Å². The maximum atomic E-state index is 12.4. The highest BCUT2D eigenvalue weighted by Gasteiger charge is 2.14. The zero-order valence-corrected chi connectivity index (χ0v) is 16.4. The number of carbonyl (C=O) groups excluding carboxylic acids is 2. The summed E-state index contributed by atoms with van der Waals surface area (Å²) in [5.74, 6) is 1.08. The molecule has 3 aromatic rings. The molecule has 2 amide bonds. The van der Waals surface area contributed by atoms with Gasteiger partial charge in [-0.2, -0.15) is 0 Å². The summed E-state index contributed by atoms with van der Waals surface area (Å²) in [6, 6.07) is 26.5. The fourth-order valence-corrected chi connectivity index (χ4v) is 2.86.